The molecule has 0 spiro atoms. The minimum Gasteiger partial charge on any atom is -0.493 e. The van der Waals surface area contributed by atoms with Crippen LogP contribution in [0.3, 0.4) is 0 Å². The summed E-state index contributed by atoms with van der Waals surface area (Å²) in [5.41, 5.74) is -0.230. The van der Waals surface area contributed by atoms with Gasteiger partial charge in [0.05, 0.1) is 38.3 Å². The van der Waals surface area contributed by atoms with Gasteiger partial charge in [0, 0.05) is 6.07 Å². The van der Waals surface area contributed by atoms with Crippen molar-refractivity contribution in [1.82, 2.24) is 0 Å². The molecular weight excluding hydrogens is 454 g/mol. The van der Waals surface area contributed by atoms with E-state index in [2.05, 4.69) is 5.32 Å². The number of sulfonamides is 1. The lowest BCUT2D eigenvalue weighted by Crippen LogP contribution is -2.31. The lowest BCUT2D eigenvalue weighted by Gasteiger charge is -2.26. The van der Waals surface area contributed by atoms with Crippen molar-refractivity contribution >= 4 is 27.3 Å². The number of rotatable bonds is 8. The first-order valence-electron chi connectivity index (χ1n) is 9.68. The number of carbonyl (C=O) groups excluding carboxylic acids is 1. The summed E-state index contributed by atoms with van der Waals surface area (Å²) in [5, 5.41) is 2.19. The number of methoxy groups -OCH3 is 2. The van der Waals surface area contributed by atoms with Crippen molar-refractivity contribution in [3.05, 3.63) is 83.4 Å². The molecule has 0 aliphatic carbocycles. The second-order valence-corrected chi connectivity index (χ2v) is 8.94. The van der Waals surface area contributed by atoms with E-state index < -0.39 is 33.3 Å². The standard InChI is InChI=1S/C23H22F2N2O5S/c1-31-20-12-16(23(28)26-22-17(24)10-7-11-18(22)25)19(13-21(20)32-2)27(33(3,29)30)14-15-8-5-4-6-9-15/h4-13H,14H2,1-3H3,(H,26,28). The SMILES string of the molecule is COc1cc(C(=O)Nc2c(F)cccc2F)c(N(Cc2ccccc2)S(C)(=O)=O)cc1OC. The molecule has 1 N–H and O–H groups in total. The van der Waals surface area contributed by atoms with Crippen LogP contribution in [0.5, 0.6) is 11.5 Å². The predicted molar refractivity (Wildman–Crippen MR) is 121 cm³/mol. The van der Waals surface area contributed by atoms with Gasteiger partial charge in [0.2, 0.25) is 10.0 Å². The topological polar surface area (TPSA) is 84.9 Å². The molecule has 174 valence electrons. The number of hydrogen-bond acceptors (Lipinski definition) is 5. The summed E-state index contributed by atoms with van der Waals surface area (Å²) in [5.74, 6) is -2.59. The lowest BCUT2D eigenvalue weighted by atomic mass is 10.1. The highest BCUT2D eigenvalue weighted by molar-refractivity contribution is 7.92. The molecule has 33 heavy (non-hydrogen) atoms. The number of halogens is 2. The van der Waals surface area contributed by atoms with Crippen LogP contribution in [0, 0.1) is 11.6 Å². The van der Waals surface area contributed by atoms with Gasteiger partial charge in [0.15, 0.2) is 11.5 Å². The average molecular weight is 477 g/mol. The molecule has 10 heteroatoms. The number of carbonyl (C=O) groups is 1. The number of anilines is 2. The van der Waals surface area contributed by atoms with Crippen LogP contribution < -0.4 is 19.1 Å². The van der Waals surface area contributed by atoms with Crippen LogP contribution in [0.2, 0.25) is 0 Å². The molecule has 0 saturated heterocycles. The molecule has 0 atom stereocenters. The van der Waals surface area contributed by atoms with Gasteiger partial charge in [-0.15, -0.1) is 0 Å². The van der Waals surface area contributed by atoms with Gasteiger partial charge in [-0.05, 0) is 23.8 Å². The zero-order chi connectivity index (χ0) is 24.2. The van der Waals surface area contributed by atoms with Crippen LogP contribution >= 0.6 is 0 Å². The van der Waals surface area contributed by atoms with Gasteiger partial charge in [0.1, 0.15) is 17.3 Å². The van der Waals surface area contributed by atoms with Crippen molar-refractivity contribution in [3.8, 4) is 11.5 Å². The van der Waals surface area contributed by atoms with Gasteiger partial charge in [-0.3, -0.25) is 9.10 Å². The number of benzene rings is 3. The Kier molecular flexibility index (Phi) is 7.17. The number of nitrogens with zero attached hydrogens (tertiary/aromatic N) is 1. The second-order valence-electron chi connectivity index (χ2n) is 7.03. The minimum absolute atomic E-state index is 0.0479. The van der Waals surface area contributed by atoms with Crippen molar-refractivity contribution < 1.29 is 31.5 Å². The summed E-state index contributed by atoms with van der Waals surface area (Å²) in [6, 6.07) is 14.5. The molecule has 0 aliphatic heterocycles. The van der Waals surface area contributed by atoms with Crippen LogP contribution in [0.1, 0.15) is 15.9 Å². The Bertz CT molecular complexity index is 1250. The molecular formula is C23H22F2N2O5S. The highest BCUT2D eigenvalue weighted by atomic mass is 32.2. The fraction of sp³-hybridized carbons (Fsp3) is 0.174. The molecule has 0 unspecified atom stereocenters. The van der Waals surface area contributed by atoms with Crippen molar-refractivity contribution in [2.24, 2.45) is 0 Å². The first kappa shape index (κ1) is 24.0. The third kappa shape index (κ3) is 5.40. The van der Waals surface area contributed by atoms with Gasteiger partial charge in [-0.1, -0.05) is 36.4 Å². The molecule has 3 rings (SSSR count). The van der Waals surface area contributed by atoms with E-state index in [-0.39, 0.29) is 29.3 Å². The van der Waals surface area contributed by atoms with Gasteiger partial charge < -0.3 is 14.8 Å². The molecule has 1 amide bonds. The summed E-state index contributed by atoms with van der Waals surface area (Å²) >= 11 is 0. The quantitative estimate of drug-likeness (QED) is 0.527. The Morgan fingerprint density at radius 2 is 1.52 bits per heavy atom. The zero-order valence-electron chi connectivity index (χ0n) is 18.1. The van der Waals surface area contributed by atoms with Gasteiger partial charge >= 0.3 is 0 Å². The Hall–Kier alpha value is -3.66. The molecule has 0 aliphatic rings. The van der Waals surface area contributed by atoms with Crippen LogP contribution in [-0.2, 0) is 16.6 Å². The summed E-state index contributed by atoms with van der Waals surface area (Å²) < 4.78 is 65.2. The summed E-state index contributed by atoms with van der Waals surface area (Å²) in [6.45, 7) is -0.0938. The molecule has 0 radical (unpaired) electrons. The number of ether oxygens (including phenoxy) is 2. The van der Waals surface area contributed by atoms with Crippen LogP contribution in [0.15, 0.2) is 60.7 Å². The molecule has 3 aromatic rings. The lowest BCUT2D eigenvalue weighted by molar-refractivity contribution is 0.102. The van der Waals surface area contributed by atoms with E-state index in [1.807, 2.05) is 0 Å². The van der Waals surface area contributed by atoms with Crippen LogP contribution in [0.4, 0.5) is 20.2 Å². The Morgan fingerprint density at radius 1 is 0.939 bits per heavy atom. The number of hydrogen-bond donors (Lipinski definition) is 1. The fourth-order valence-corrected chi connectivity index (χ4v) is 4.08. The van der Waals surface area contributed by atoms with Crippen LogP contribution in [-0.4, -0.2) is 34.8 Å². The van der Waals surface area contributed by atoms with E-state index in [1.54, 1.807) is 30.3 Å². The molecule has 0 fully saturated rings. The van der Waals surface area contributed by atoms with E-state index in [1.165, 1.54) is 26.4 Å². The normalized spacial score (nSPS) is 11.1. The van der Waals surface area contributed by atoms with Crippen molar-refractivity contribution in [2.45, 2.75) is 6.54 Å². The predicted octanol–water partition coefficient (Wildman–Crippen LogP) is 4.20. The number of amides is 1. The molecule has 0 aromatic heterocycles. The maximum atomic E-state index is 14.1. The largest absolute Gasteiger partial charge is 0.493 e. The minimum atomic E-state index is -3.90. The highest BCUT2D eigenvalue weighted by Crippen LogP contribution is 2.37. The Morgan fingerprint density at radius 3 is 2.06 bits per heavy atom. The molecule has 7 nitrogen and oxygen atoms in total. The van der Waals surface area contributed by atoms with Crippen molar-refractivity contribution in [3.63, 3.8) is 0 Å². The van der Waals surface area contributed by atoms with Gasteiger partial charge in [-0.25, -0.2) is 17.2 Å². The third-order valence-corrected chi connectivity index (χ3v) is 5.91. The zero-order valence-corrected chi connectivity index (χ0v) is 18.9. The van der Waals surface area contributed by atoms with E-state index in [0.29, 0.717) is 5.56 Å². The third-order valence-electron chi connectivity index (χ3n) is 4.79. The summed E-state index contributed by atoms with van der Waals surface area (Å²) in [6.07, 6.45) is 0.991. The summed E-state index contributed by atoms with van der Waals surface area (Å²) in [7, 11) is -1.20. The Balaban J connectivity index is 2.17. The van der Waals surface area contributed by atoms with Gasteiger partial charge in [0.25, 0.3) is 5.91 Å². The maximum Gasteiger partial charge on any atom is 0.258 e. The molecule has 0 saturated carbocycles. The van der Waals surface area contributed by atoms with E-state index >= 15 is 0 Å². The smallest absolute Gasteiger partial charge is 0.258 e. The van der Waals surface area contributed by atoms with E-state index in [0.717, 1.165) is 28.8 Å². The molecule has 0 heterocycles. The van der Waals surface area contributed by atoms with Gasteiger partial charge in [-0.2, -0.15) is 0 Å². The summed E-state index contributed by atoms with van der Waals surface area (Å²) in [4.78, 5) is 13.1. The van der Waals surface area contributed by atoms with E-state index in [9.17, 15) is 22.0 Å². The maximum absolute atomic E-state index is 14.1. The van der Waals surface area contributed by atoms with Crippen LogP contribution in [0.25, 0.3) is 0 Å². The first-order valence-corrected chi connectivity index (χ1v) is 11.5. The monoisotopic (exact) mass is 476 g/mol. The van der Waals surface area contributed by atoms with E-state index in [4.69, 9.17) is 9.47 Å². The van der Waals surface area contributed by atoms with Crippen molar-refractivity contribution in [1.29, 1.82) is 0 Å². The Labute approximate surface area is 190 Å². The number of para-hydroxylation sites is 1. The molecule has 3 aromatic carbocycles. The highest BCUT2D eigenvalue weighted by Gasteiger charge is 2.27. The second kappa shape index (κ2) is 9.86. The fourth-order valence-electron chi connectivity index (χ4n) is 3.18. The van der Waals surface area contributed by atoms with Crippen molar-refractivity contribution in [2.75, 3.05) is 30.1 Å². The first-order chi connectivity index (χ1) is 15.7. The molecule has 0 bridgehead atoms. The average Bonchev–Trinajstić information content (AvgIpc) is 2.79. The number of nitrogens with one attached hydrogen (secondary N) is 1.